The maximum Gasteiger partial charge on any atom is 0.135 e. The molecule has 2 rings (SSSR count). The topological polar surface area (TPSA) is 17.1 Å². The molecular weight excluding hydrogens is 196 g/mol. The highest BCUT2D eigenvalue weighted by atomic mass is 16.1. The van der Waals surface area contributed by atoms with Crippen LogP contribution in [0.15, 0.2) is 30.3 Å². The molecule has 16 heavy (non-hydrogen) atoms. The van der Waals surface area contributed by atoms with Gasteiger partial charge < -0.3 is 0 Å². The standard InChI is InChI=1S/C15H20O/c16-15-12-5-4-10-14(15)11-6-9-13-7-2-1-3-8-13/h1-3,7-8,14H,4-6,9-12H2/t14-/m1/s1. The molecule has 86 valence electrons. The van der Waals surface area contributed by atoms with Crippen molar-refractivity contribution in [3.05, 3.63) is 35.9 Å². The molecule has 0 bridgehead atoms. The second-order valence-corrected chi connectivity index (χ2v) is 4.79. The normalized spacial score (nSPS) is 21.0. The van der Waals surface area contributed by atoms with Gasteiger partial charge in [0, 0.05) is 12.3 Å². The quantitative estimate of drug-likeness (QED) is 0.748. The smallest absolute Gasteiger partial charge is 0.135 e. The van der Waals surface area contributed by atoms with E-state index in [1.54, 1.807) is 0 Å². The number of benzene rings is 1. The molecule has 1 heteroatoms. The van der Waals surface area contributed by atoms with Gasteiger partial charge in [-0.2, -0.15) is 0 Å². The van der Waals surface area contributed by atoms with Crippen molar-refractivity contribution in [1.82, 2.24) is 0 Å². The molecule has 0 N–H and O–H groups in total. The first-order valence-electron chi connectivity index (χ1n) is 6.43. The van der Waals surface area contributed by atoms with Crippen LogP contribution in [0, 0.1) is 5.92 Å². The molecule has 1 aromatic carbocycles. The summed E-state index contributed by atoms with van der Waals surface area (Å²) in [5.74, 6) is 0.886. The van der Waals surface area contributed by atoms with Gasteiger partial charge in [0.1, 0.15) is 5.78 Å². The SMILES string of the molecule is O=C1CCCC[C@@H]1CCCc1ccccc1. The Labute approximate surface area is 97.9 Å². The van der Waals surface area contributed by atoms with E-state index < -0.39 is 0 Å². The summed E-state index contributed by atoms with van der Waals surface area (Å²) in [5.41, 5.74) is 1.39. The fourth-order valence-corrected chi connectivity index (χ4v) is 2.56. The zero-order valence-electron chi connectivity index (χ0n) is 9.82. The van der Waals surface area contributed by atoms with E-state index >= 15 is 0 Å². The minimum atomic E-state index is 0.373. The highest BCUT2D eigenvalue weighted by Gasteiger charge is 2.21. The third-order valence-corrected chi connectivity index (χ3v) is 3.54. The Hall–Kier alpha value is -1.11. The summed E-state index contributed by atoms with van der Waals surface area (Å²) in [7, 11) is 0. The molecule has 0 amide bonds. The van der Waals surface area contributed by atoms with Crippen LogP contribution in [0.1, 0.15) is 44.1 Å². The Balaban J connectivity index is 1.73. The fourth-order valence-electron chi connectivity index (χ4n) is 2.56. The predicted octanol–water partition coefficient (Wildman–Crippen LogP) is 3.77. The monoisotopic (exact) mass is 216 g/mol. The molecule has 0 aromatic heterocycles. The number of carbonyl (C=O) groups excluding carboxylic acids is 1. The first-order chi connectivity index (χ1) is 7.86. The van der Waals surface area contributed by atoms with Crippen LogP contribution in [-0.2, 0) is 11.2 Å². The van der Waals surface area contributed by atoms with E-state index in [-0.39, 0.29) is 0 Å². The lowest BCUT2D eigenvalue weighted by molar-refractivity contribution is -0.124. The zero-order valence-corrected chi connectivity index (χ0v) is 9.82. The lowest BCUT2D eigenvalue weighted by Crippen LogP contribution is -2.18. The van der Waals surface area contributed by atoms with Gasteiger partial charge in [0.05, 0.1) is 0 Å². The summed E-state index contributed by atoms with van der Waals surface area (Å²) in [6.45, 7) is 0. The van der Waals surface area contributed by atoms with E-state index in [4.69, 9.17) is 0 Å². The van der Waals surface area contributed by atoms with Crippen LogP contribution in [0.2, 0.25) is 0 Å². The molecule has 0 spiro atoms. The van der Waals surface area contributed by atoms with Crippen LogP contribution in [-0.4, -0.2) is 5.78 Å². The van der Waals surface area contributed by atoms with Gasteiger partial charge in [-0.3, -0.25) is 4.79 Å². The summed E-state index contributed by atoms with van der Waals surface area (Å²) in [6.07, 6.45) is 7.69. The van der Waals surface area contributed by atoms with E-state index in [2.05, 4.69) is 24.3 Å². The Kier molecular flexibility index (Phi) is 4.15. The molecule has 1 nitrogen and oxygen atoms in total. The Morgan fingerprint density at radius 2 is 1.94 bits per heavy atom. The van der Waals surface area contributed by atoms with Gasteiger partial charge >= 0.3 is 0 Å². The van der Waals surface area contributed by atoms with Gasteiger partial charge in [-0.05, 0) is 37.7 Å². The van der Waals surface area contributed by atoms with Gasteiger partial charge in [0.25, 0.3) is 0 Å². The first kappa shape index (κ1) is 11.4. The van der Waals surface area contributed by atoms with E-state index in [9.17, 15) is 4.79 Å². The van der Waals surface area contributed by atoms with Crippen LogP contribution < -0.4 is 0 Å². The summed E-state index contributed by atoms with van der Waals surface area (Å²) in [6, 6.07) is 10.6. The molecule has 1 fully saturated rings. The van der Waals surface area contributed by atoms with Crippen molar-refractivity contribution >= 4 is 5.78 Å². The van der Waals surface area contributed by atoms with Crippen molar-refractivity contribution < 1.29 is 4.79 Å². The number of hydrogen-bond donors (Lipinski definition) is 0. The second kappa shape index (κ2) is 5.83. The van der Waals surface area contributed by atoms with E-state index in [0.29, 0.717) is 11.7 Å². The predicted molar refractivity (Wildman–Crippen MR) is 66.3 cm³/mol. The molecular formula is C15H20O. The molecule has 0 unspecified atom stereocenters. The van der Waals surface area contributed by atoms with Gasteiger partial charge in [-0.25, -0.2) is 0 Å². The molecule has 1 saturated carbocycles. The number of hydrogen-bond acceptors (Lipinski definition) is 1. The molecule has 1 aromatic rings. The van der Waals surface area contributed by atoms with Crippen molar-refractivity contribution in [2.75, 3.05) is 0 Å². The maximum atomic E-state index is 11.6. The number of carbonyl (C=O) groups is 1. The Bertz CT molecular complexity index is 329. The van der Waals surface area contributed by atoms with Crippen molar-refractivity contribution in [3.63, 3.8) is 0 Å². The van der Waals surface area contributed by atoms with Crippen molar-refractivity contribution in [2.45, 2.75) is 44.9 Å². The molecule has 0 radical (unpaired) electrons. The maximum absolute atomic E-state index is 11.6. The number of rotatable bonds is 4. The van der Waals surface area contributed by atoms with E-state index in [1.165, 1.54) is 12.0 Å². The third kappa shape index (κ3) is 3.19. The third-order valence-electron chi connectivity index (χ3n) is 3.54. The minimum absolute atomic E-state index is 0.373. The molecule has 0 heterocycles. The summed E-state index contributed by atoms with van der Waals surface area (Å²) < 4.78 is 0. The van der Waals surface area contributed by atoms with Gasteiger partial charge in [-0.1, -0.05) is 36.8 Å². The van der Waals surface area contributed by atoms with E-state index in [1.807, 2.05) is 6.07 Å². The number of ketones is 1. The number of Topliss-reactive ketones (excluding diaryl/α,β-unsaturated/α-hetero) is 1. The van der Waals surface area contributed by atoms with Crippen LogP contribution in [0.25, 0.3) is 0 Å². The molecule has 1 aliphatic rings. The van der Waals surface area contributed by atoms with Crippen molar-refractivity contribution in [3.8, 4) is 0 Å². The van der Waals surface area contributed by atoms with Crippen molar-refractivity contribution in [2.24, 2.45) is 5.92 Å². The molecule has 1 atom stereocenters. The molecule has 0 aliphatic heterocycles. The Morgan fingerprint density at radius 3 is 2.69 bits per heavy atom. The average Bonchev–Trinajstić information content (AvgIpc) is 2.33. The summed E-state index contributed by atoms with van der Waals surface area (Å²) in [5, 5.41) is 0. The average molecular weight is 216 g/mol. The van der Waals surface area contributed by atoms with Crippen LogP contribution in [0.5, 0.6) is 0 Å². The van der Waals surface area contributed by atoms with Gasteiger partial charge in [-0.15, -0.1) is 0 Å². The lowest BCUT2D eigenvalue weighted by Gasteiger charge is -2.20. The Morgan fingerprint density at radius 1 is 1.12 bits per heavy atom. The second-order valence-electron chi connectivity index (χ2n) is 4.79. The molecule has 0 saturated heterocycles. The summed E-state index contributed by atoms with van der Waals surface area (Å²) >= 11 is 0. The highest BCUT2D eigenvalue weighted by Crippen LogP contribution is 2.25. The minimum Gasteiger partial charge on any atom is -0.299 e. The van der Waals surface area contributed by atoms with Crippen LogP contribution >= 0.6 is 0 Å². The van der Waals surface area contributed by atoms with Gasteiger partial charge in [0.15, 0.2) is 0 Å². The highest BCUT2D eigenvalue weighted by molar-refractivity contribution is 5.81. The van der Waals surface area contributed by atoms with Crippen molar-refractivity contribution in [1.29, 1.82) is 0 Å². The van der Waals surface area contributed by atoms with E-state index in [0.717, 1.165) is 38.5 Å². The van der Waals surface area contributed by atoms with Crippen LogP contribution in [0.3, 0.4) is 0 Å². The number of aryl methyl sites for hydroxylation is 1. The summed E-state index contributed by atoms with van der Waals surface area (Å²) in [4.78, 5) is 11.6. The largest absolute Gasteiger partial charge is 0.299 e. The fraction of sp³-hybridized carbons (Fsp3) is 0.533. The van der Waals surface area contributed by atoms with Gasteiger partial charge in [0.2, 0.25) is 0 Å². The first-order valence-corrected chi connectivity index (χ1v) is 6.43. The molecule has 1 aliphatic carbocycles. The lowest BCUT2D eigenvalue weighted by atomic mass is 9.84. The zero-order chi connectivity index (χ0) is 11.2. The van der Waals surface area contributed by atoms with Crippen LogP contribution in [0.4, 0.5) is 0 Å².